The smallest absolute Gasteiger partial charge is 0.220 e. The molecular weight excluding hydrogens is 357 g/mol. The standard InChI is InChI=1S/C15H19N5.3ClH/c1-17-12-7-9-20(10-12)13-4-2-11(3-5-13)14-6-8-18-15(16)19-14;;;/h2-6,8,12,17H,7,9-10H2,1H3,(H2,16,18,19);3*1H/t12-;;;/m0.../s1. The van der Waals surface area contributed by atoms with Gasteiger partial charge in [0.05, 0.1) is 5.69 Å². The second-order valence-corrected chi connectivity index (χ2v) is 5.07. The second-order valence-electron chi connectivity index (χ2n) is 5.07. The van der Waals surface area contributed by atoms with Gasteiger partial charge in [0.1, 0.15) is 0 Å². The summed E-state index contributed by atoms with van der Waals surface area (Å²) >= 11 is 0. The van der Waals surface area contributed by atoms with Crippen molar-refractivity contribution in [2.75, 3.05) is 30.8 Å². The summed E-state index contributed by atoms with van der Waals surface area (Å²) in [7, 11) is 2.02. The molecule has 5 nitrogen and oxygen atoms in total. The molecule has 3 rings (SSSR count). The van der Waals surface area contributed by atoms with Crippen LogP contribution in [0.15, 0.2) is 36.5 Å². The molecule has 0 aliphatic carbocycles. The Balaban J connectivity index is 0.00000161. The summed E-state index contributed by atoms with van der Waals surface area (Å²) in [6.45, 7) is 2.17. The van der Waals surface area contributed by atoms with Crippen LogP contribution in [-0.2, 0) is 0 Å². The number of likely N-dealkylation sites (N-methyl/N-ethyl adjacent to an activating group) is 1. The predicted molar refractivity (Wildman–Crippen MR) is 103 cm³/mol. The number of nitrogens with one attached hydrogen (secondary N) is 1. The van der Waals surface area contributed by atoms with Crippen molar-refractivity contribution >= 4 is 48.9 Å². The summed E-state index contributed by atoms with van der Waals surface area (Å²) in [4.78, 5) is 10.6. The highest BCUT2D eigenvalue weighted by Gasteiger charge is 2.20. The van der Waals surface area contributed by atoms with Crippen molar-refractivity contribution in [2.45, 2.75) is 12.5 Å². The number of nitrogen functional groups attached to an aromatic ring is 1. The molecule has 2 heterocycles. The third-order valence-electron chi connectivity index (χ3n) is 3.80. The Morgan fingerprint density at radius 1 is 1.13 bits per heavy atom. The molecule has 3 N–H and O–H groups in total. The lowest BCUT2D eigenvalue weighted by Crippen LogP contribution is -2.29. The molecule has 1 saturated heterocycles. The molecule has 1 aliphatic rings. The van der Waals surface area contributed by atoms with Crippen LogP contribution in [0.5, 0.6) is 0 Å². The van der Waals surface area contributed by atoms with Crippen LogP contribution in [0.1, 0.15) is 6.42 Å². The minimum atomic E-state index is 0. The van der Waals surface area contributed by atoms with Gasteiger partial charge in [-0.3, -0.25) is 0 Å². The minimum absolute atomic E-state index is 0. The molecule has 1 aromatic heterocycles. The summed E-state index contributed by atoms with van der Waals surface area (Å²) in [5, 5.41) is 3.33. The number of benzene rings is 1. The number of anilines is 2. The summed E-state index contributed by atoms with van der Waals surface area (Å²) in [6.07, 6.45) is 2.88. The Bertz CT molecular complexity index is 594. The van der Waals surface area contributed by atoms with Gasteiger partial charge in [0.25, 0.3) is 0 Å². The maximum Gasteiger partial charge on any atom is 0.220 e. The van der Waals surface area contributed by atoms with E-state index in [-0.39, 0.29) is 37.2 Å². The zero-order chi connectivity index (χ0) is 13.9. The summed E-state index contributed by atoms with van der Waals surface area (Å²) in [5.41, 5.74) is 8.80. The molecule has 1 fully saturated rings. The number of halogens is 3. The average Bonchev–Trinajstić information content (AvgIpc) is 2.96. The van der Waals surface area contributed by atoms with Crippen LogP contribution in [-0.4, -0.2) is 36.1 Å². The van der Waals surface area contributed by atoms with E-state index in [2.05, 4.69) is 44.5 Å². The van der Waals surface area contributed by atoms with Crippen molar-refractivity contribution in [3.8, 4) is 11.3 Å². The van der Waals surface area contributed by atoms with Crippen LogP contribution in [0.25, 0.3) is 11.3 Å². The Hall–Kier alpha value is -1.27. The topological polar surface area (TPSA) is 67.1 Å². The largest absolute Gasteiger partial charge is 0.370 e. The third-order valence-corrected chi connectivity index (χ3v) is 3.80. The van der Waals surface area contributed by atoms with Crippen LogP contribution < -0.4 is 16.0 Å². The van der Waals surface area contributed by atoms with Crippen molar-refractivity contribution in [1.82, 2.24) is 15.3 Å². The van der Waals surface area contributed by atoms with Gasteiger partial charge in [-0.2, -0.15) is 0 Å². The fourth-order valence-corrected chi connectivity index (χ4v) is 2.61. The Morgan fingerprint density at radius 3 is 2.39 bits per heavy atom. The summed E-state index contributed by atoms with van der Waals surface area (Å²) < 4.78 is 0. The highest BCUT2D eigenvalue weighted by Crippen LogP contribution is 2.24. The van der Waals surface area contributed by atoms with Crippen molar-refractivity contribution in [3.63, 3.8) is 0 Å². The van der Waals surface area contributed by atoms with Gasteiger partial charge in [0.15, 0.2) is 0 Å². The second kappa shape index (κ2) is 9.78. The molecule has 0 saturated carbocycles. The highest BCUT2D eigenvalue weighted by molar-refractivity contribution is 5.86. The lowest BCUT2D eigenvalue weighted by molar-refractivity contribution is 0.617. The van der Waals surface area contributed by atoms with E-state index < -0.39 is 0 Å². The van der Waals surface area contributed by atoms with Gasteiger partial charge in [0, 0.05) is 36.6 Å². The van der Waals surface area contributed by atoms with Gasteiger partial charge < -0.3 is 16.0 Å². The quantitative estimate of drug-likeness (QED) is 0.859. The number of rotatable bonds is 3. The summed E-state index contributed by atoms with van der Waals surface area (Å²) in [5.74, 6) is 0.308. The Morgan fingerprint density at radius 2 is 1.83 bits per heavy atom. The monoisotopic (exact) mass is 377 g/mol. The van der Waals surface area contributed by atoms with Gasteiger partial charge in [-0.05, 0) is 31.7 Å². The zero-order valence-corrected chi connectivity index (χ0v) is 15.3. The van der Waals surface area contributed by atoms with Crippen molar-refractivity contribution < 1.29 is 0 Å². The van der Waals surface area contributed by atoms with Crippen LogP contribution in [0.4, 0.5) is 11.6 Å². The Kier molecular flexibility index (Phi) is 9.24. The molecular formula is C15H22Cl3N5. The van der Waals surface area contributed by atoms with E-state index in [1.807, 2.05) is 13.1 Å². The Labute approximate surface area is 155 Å². The van der Waals surface area contributed by atoms with Gasteiger partial charge in [-0.1, -0.05) is 12.1 Å². The lowest BCUT2D eigenvalue weighted by atomic mass is 10.1. The number of aromatic nitrogens is 2. The molecule has 2 aromatic rings. The molecule has 128 valence electrons. The SMILES string of the molecule is CN[C@H]1CCN(c2ccc(-c3ccnc(N)n3)cc2)C1.Cl.Cl.Cl. The molecule has 0 amide bonds. The fraction of sp³-hybridized carbons (Fsp3) is 0.333. The van der Waals surface area contributed by atoms with Crippen molar-refractivity contribution in [3.05, 3.63) is 36.5 Å². The minimum Gasteiger partial charge on any atom is -0.370 e. The molecule has 0 spiro atoms. The van der Waals surface area contributed by atoms with Gasteiger partial charge in [-0.25, -0.2) is 9.97 Å². The first-order valence-corrected chi connectivity index (χ1v) is 6.87. The van der Waals surface area contributed by atoms with E-state index in [9.17, 15) is 0 Å². The highest BCUT2D eigenvalue weighted by atomic mass is 35.5. The van der Waals surface area contributed by atoms with Gasteiger partial charge >= 0.3 is 0 Å². The molecule has 8 heteroatoms. The molecule has 0 radical (unpaired) electrons. The van der Waals surface area contributed by atoms with Crippen molar-refractivity contribution in [2.24, 2.45) is 0 Å². The zero-order valence-electron chi connectivity index (χ0n) is 12.8. The van der Waals surface area contributed by atoms with E-state index in [0.29, 0.717) is 12.0 Å². The van der Waals surface area contributed by atoms with Crippen LogP contribution >= 0.6 is 37.2 Å². The van der Waals surface area contributed by atoms with Crippen LogP contribution in [0.2, 0.25) is 0 Å². The number of nitrogens with two attached hydrogens (primary N) is 1. The van der Waals surface area contributed by atoms with Gasteiger partial charge in [-0.15, -0.1) is 37.2 Å². The number of hydrogen-bond acceptors (Lipinski definition) is 5. The predicted octanol–water partition coefficient (Wildman–Crippen LogP) is 2.79. The average molecular weight is 379 g/mol. The lowest BCUT2D eigenvalue weighted by Gasteiger charge is -2.18. The summed E-state index contributed by atoms with van der Waals surface area (Å²) in [6, 6.07) is 10.9. The first-order chi connectivity index (χ1) is 9.76. The maximum absolute atomic E-state index is 5.62. The molecule has 0 unspecified atom stereocenters. The first-order valence-electron chi connectivity index (χ1n) is 6.87. The van der Waals surface area contributed by atoms with Crippen molar-refractivity contribution in [1.29, 1.82) is 0 Å². The van der Waals surface area contributed by atoms with Gasteiger partial charge in [0.2, 0.25) is 5.95 Å². The van der Waals surface area contributed by atoms with E-state index in [1.54, 1.807) is 6.20 Å². The number of hydrogen-bond donors (Lipinski definition) is 2. The molecule has 23 heavy (non-hydrogen) atoms. The molecule has 0 bridgehead atoms. The number of nitrogens with zero attached hydrogens (tertiary/aromatic N) is 3. The first kappa shape index (κ1) is 21.7. The van der Waals surface area contributed by atoms with Crippen LogP contribution in [0.3, 0.4) is 0 Å². The van der Waals surface area contributed by atoms with E-state index in [1.165, 1.54) is 12.1 Å². The van der Waals surface area contributed by atoms with E-state index in [4.69, 9.17) is 5.73 Å². The van der Waals surface area contributed by atoms with E-state index >= 15 is 0 Å². The third kappa shape index (κ3) is 5.11. The molecule has 1 aliphatic heterocycles. The van der Waals surface area contributed by atoms with Crippen LogP contribution in [0, 0.1) is 0 Å². The fourth-order valence-electron chi connectivity index (χ4n) is 2.61. The maximum atomic E-state index is 5.62. The normalized spacial score (nSPS) is 16.0. The molecule has 1 atom stereocenters. The van der Waals surface area contributed by atoms with E-state index in [0.717, 1.165) is 24.3 Å². The molecule has 1 aromatic carbocycles.